The summed E-state index contributed by atoms with van der Waals surface area (Å²) < 4.78 is 14.2. The van der Waals surface area contributed by atoms with Crippen LogP contribution in [0.5, 0.6) is 0 Å². The van der Waals surface area contributed by atoms with Gasteiger partial charge in [0.25, 0.3) is 5.91 Å². The van der Waals surface area contributed by atoms with Gasteiger partial charge in [-0.1, -0.05) is 0 Å². The summed E-state index contributed by atoms with van der Waals surface area (Å²) >= 11 is 0. The maximum absolute atomic E-state index is 12.6. The molecule has 21 heavy (non-hydrogen) atoms. The van der Waals surface area contributed by atoms with Crippen LogP contribution in [0.1, 0.15) is 35.3 Å². The van der Waals surface area contributed by atoms with Crippen LogP contribution >= 0.6 is 12.4 Å². The molecule has 1 aliphatic carbocycles. The molecule has 7 heteroatoms. The fraction of sp³-hybridized carbons (Fsp3) is 0.571. The molecule has 0 unspecified atom stereocenters. The molecule has 116 valence electrons. The van der Waals surface area contributed by atoms with Gasteiger partial charge in [0, 0.05) is 31.7 Å². The Bertz CT molecular complexity index is 553. The molecule has 1 aliphatic heterocycles. The van der Waals surface area contributed by atoms with Gasteiger partial charge >= 0.3 is 0 Å². The lowest BCUT2D eigenvalue weighted by molar-refractivity contribution is 0.0559. The Hall–Kier alpha value is -1.40. The topological polar surface area (TPSA) is 64.2 Å². The molecule has 3 rings (SSSR count). The Kier molecular flexibility index (Phi) is 5.00. The molecule has 2 heterocycles. The number of rotatable bonds is 4. The third-order valence-electron chi connectivity index (χ3n) is 4.22. The second kappa shape index (κ2) is 6.58. The van der Waals surface area contributed by atoms with Crippen LogP contribution in [-0.2, 0) is 13.0 Å². The summed E-state index contributed by atoms with van der Waals surface area (Å²) in [7, 11) is 0. The zero-order valence-electron chi connectivity index (χ0n) is 11.8. The lowest BCUT2D eigenvalue weighted by atomic mass is 9.89. The van der Waals surface area contributed by atoms with Gasteiger partial charge in [-0.15, -0.1) is 12.4 Å². The van der Waals surface area contributed by atoms with Crippen molar-refractivity contribution in [2.24, 2.45) is 5.73 Å². The summed E-state index contributed by atoms with van der Waals surface area (Å²) in [5.74, 6) is 0.0701. The molecule has 0 bridgehead atoms. The van der Waals surface area contributed by atoms with Crippen LogP contribution in [-0.4, -0.2) is 39.7 Å². The highest BCUT2D eigenvalue weighted by Crippen LogP contribution is 2.29. The van der Waals surface area contributed by atoms with Crippen molar-refractivity contribution in [2.75, 3.05) is 13.1 Å². The van der Waals surface area contributed by atoms with Crippen molar-refractivity contribution in [3.63, 3.8) is 0 Å². The van der Waals surface area contributed by atoms with E-state index >= 15 is 0 Å². The second-order valence-corrected chi connectivity index (χ2v) is 5.49. The molecule has 0 spiro atoms. The van der Waals surface area contributed by atoms with Crippen molar-refractivity contribution < 1.29 is 9.18 Å². The van der Waals surface area contributed by atoms with Gasteiger partial charge in [-0.3, -0.25) is 9.48 Å². The Morgan fingerprint density at radius 3 is 2.86 bits per heavy atom. The first kappa shape index (κ1) is 16.0. The van der Waals surface area contributed by atoms with Gasteiger partial charge in [0.05, 0.1) is 24.1 Å². The largest absolute Gasteiger partial charge is 0.335 e. The third kappa shape index (κ3) is 2.96. The molecule has 0 radical (unpaired) electrons. The fourth-order valence-corrected chi connectivity index (χ4v) is 2.79. The van der Waals surface area contributed by atoms with Gasteiger partial charge < -0.3 is 10.6 Å². The van der Waals surface area contributed by atoms with Crippen LogP contribution in [0.3, 0.4) is 0 Å². The van der Waals surface area contributed by atoms with E-state index in [-0.39, 0.29) is 24.9 Å². The van der Waals surface area contributed by atoms with Gasteiger partial charge in [0.15, 0.2) is 0 Å². The zero-order chi connectivity index (χ0) is 14.1. The summed E-state index contributed by atoms with van der Waals surface area (Å²) in [6.45, 7) is 1.20. The quantitative estimate of drug-likeness (QED) is 0.919. The number of carbonyl (C=O) groups excluding carboxylic acids is 1. The minimum Gasteiger partial charge on any atom is -0.335 e. The number of aromatic nitrogens is 2. The van der Waals surface area contributed by atoms with Gasteiger partial charge in [-0.2, -0.15) is 5.10 Å². The number of hydrogen-bond acceptors (Lipinski definition) is 3. The van der Waals surface area contributed by atoms with Crippen LogP contribution in [0, 0.1) is 0 Å². The van der Waals surface area contributed by atoms with E-state index in [1.54, 1.807) is 10.9 Å². The summed E-state index contributed by atoms with van der Waals surface area (Å²) in [5.41, 5.74) is 7.39. The van der Waals surface area contributed by atoms with Gasteiger partial charge in [0.1, 0.15) is 0 Å². The second-order valence-electron chi connectivity index (χ2n) is 5.49. The van der Waals surface area contributed by atoms with Gasteiger partial charge in [0.2, 0.25) is 0 Å². The van der Waals surface area contributed by atoms with Crippen LogP contribution in [0.2, 0.25) is 0 Å². The lowest BCUT2D eigenvalue weighted by Crippen LogP contribution is -2.47. The first-order valence-electron chi connectivity index (χ1n) is 7.08. The Morgan fingerprint density at radius 1 is 1.52 bits per heavy atom. The van der Waals surface area contributed by atoms with Crippen molar-refractivity contribution in [1.82, 2.24) is 14.7 Å². The molecular formula is C14H20ClFN4O. The average molecular weight is 315 g/mol. The smallest absolute Gasteiger partial charge is 0.257 e. The Balaban J connectivity index is 0.00000161. The molecule has 2 aliphatic rings. The van der Waals surface area contributed by atoms with E-state index in [0.717, 1.165) is 31.5 Å². The van der Waals surface area contributed by atoms with Crippen LogP contribution in [0.15, 0.2) is 18.1 Å². The molecule has 1 saturated carbocycles. The number of halogens is 2. The molecule has 1 aromatic heterocycles. The van der Waals surface area contributed by atoms with E-state index in [1.165, 1.54) is 6.42 Å². The summed E-state index contributed by atoms with van der Waals surface area (Å²) in [6.07, 6.45) is 6.45. The number of nitrogens with zero attached hydrogens (tertiary/aromatic N) is 3. The highest BCUT2D eigenvalue weighted by molar-refractivity contribution is 5.96. The molecular weight excluding hydrogens is 295 g/mol. The van der Waals surface area contributed by atoms with Crippen molar-refractivity contribution >= 4 is 18.3 Å². The van der Waals surface area contributed by atoms with Crippen LogP contribution in [0.25, 0.3) is 0 Å². The number of fused-ring (bicyclic) bond motifs is 1. The van der Waals surface area contributed by atoms with E-state index < -0.39 is 0 Å². The zero-order valence-corrected chi connectivity index (χ0v) is 12.6. The van der Waals surface area contributed by atoms with E-state index in [9.17, 15) is 9.18 Å². The molecule has 0 saturated heterocycles. The third-order valence-corrected chi connectivity index (χ3v) is 4.22. The van der Waals surface area contributed by atoms with Crippen molar-refractivity contribution in [3.05, 3.63) is 29.4 Å². The van der Waals surface area contributed by atoms with E-state index in [4.69, 9.17) is 5.73 Å². The number of nitrogens with two attached hydrogens (primary N) is 1. The molecule has 0 atom stereocenters. The summed E-state index contributed by atoms with van der Waals surface area (Å²) in [6, 6.07) is 0.407. The van der Waals surface area contributed by atoms with Crippen molar-refractivity contribution in [2.45, 2.75) is 38.3 Å². The predicted octanol–water partition coefficient (Wildman–Crippen LogP) is 1.67. The van der Waals surface area contributed by atoms with Crippen LogP contribution in [0.4, 0.5) is 4.39 Å². The van der Waals surface area contributed by atoms with E-state index in [0.29, 0.717) is 30.1 Å². The Morgan fingerprint density at radius 2 is 2.29 bits per heavy atom. The minimum atomic E-state index is 0. The van der Waals surface area contributed by atoms with Crippen LogP contribution < -0.4 is 5.73 Å². The predicted molar refractivity (Wildman–Crippen MR) is 80.1 cm³/mol. The number of amides is 1. The fourth-order valence-electron chi connectivity index (χ4n) is 2.79. The van der Waals surface area contributed by atoms with E-state index in [1.807, 2.05) is 4.90 Å². The lowest BCUT2D eigenvalue weighted by Gasteiger charge is -2.39. The normalized spacial score (nSPS) is 19.0. The first-order valence-corrected chi connectivity index (χ1v) is 7.08. The van der Waals surface area contributed by atoms with Gasteiger partial charge in [-0.25, -0.2) is 4.39 Å². The summed E-state index contributed by atoms with van der Waals surface area (Å²) in [5, 5.41) is 4.38. The number of carbonyl (C=O) groups is 1. The molecule has 1 aromatic rings. The molecule has 5 nitrogen and oxygen atoms in total. The highest BCUT2D eigenvalue weighted by atomic mass is 35.5. The van der Waals surface area contributed by atoms with Crippen molar-refractivity contribution in [1.29, 1.82) is 0 Å². The molecule has 1 amide bonds. The molecule has 1 fully saturated rings. The van der Waals surface area contributed by atoms with Crippen molar-refractivity contribution in [3.8, 4) is 0 Å². The first-order chi connectivity index (χ1) is 9.72. The van der Waals surface area contributed by atoms with E-state index in [2.05, 4.69) is 5.10 Å². The minimum absolute atomic E-state index is 0. The standard InChI is InChI=1S/C14H19FN4O.ClH/c15-6-10(7-16)8-18-9-12-13(17-18)4-5-19(14(12)20)11-2-1-3-11;/h6,9,11H,1-5,7-8,16H2;1H/b10-6+;. The number of hydrogen-bond donors (Lipinski definition) is 1. The molecule has 0 aromatic carbocycles. The Labute approximate surface area is 129 Å². The van der Waals surface area contributed by atoms with Gasteiger partial charge in [-0.05, 0) is 24.8 Å². The SMILES string of the molecule is Cl.NC/C(=C\F)Cn1cc2c(n1)CCN(C1CCC1)C2=O. The summed E-state index contributed by atoms with van der Waals surface area (Å²) in [4.78, 5) is 14.4. The highest BCUT2D eigenvalue weighted by Gasteiger charge is 2.34. The average Bonchev–Trinajstić information content (AvgIpc) is 2.81. The maximum atomic E-state index is 12.6. The maximum Gasteiger partial charge on any atom is 0.257 e. The monoisotopic (exact) mass is 314 g/mol. The molecule has 2 N–H and O–H groups in total.